The zero-order valence-corrected chi connectivity index (χ0v) is 9.74. The van der Waals surface area contributed by atoms with Crippen molar-refractivity contribution in [3.8, 4) is 0 Å². The van der Waals surface area contributed by atoms with Crippen molar-refractivity contribution in [3.63, 3.8) is 0 Å². The summed E-state index contributed by atoms with van der Waals surface area (Å²) in [6, 6.07) is 8.67. The van der Waals surface area contributed by atoms with Gasteiger partial charge in [-0.25, -0.2) is 4.79 Å². The Labute approximate surface area is 108 Å². The molecule has 0 saturated heterocycles. The number of aromatic nitrogens is 1. The molecular weight excluding hydrogens is 248 g/mol. The molecule has 2 aromatic rings. The van der Waals surface area contributed by atoms with Crippen LogP contribution in [0.15, 0.2) is 48.8 Å². The van der Waals surface area contributed by atoms with E-state index in [1.165, 1.54) is 42.7 Å². The number of carbonyl (C=O) groups is 2. The quantitative estimate of drug-likeness (QED) is 0.640. The Kier molecular flexibility index (Phi) is 3.42. The smallest absolute Gasteiger partial charge is 0.335 e. The van der Waals surface area contributed by atoms with Crippen molar-refractivity contribution < 1.29 is 19.4 Å². The summed E-state index contributed by atoms with van der Waals surface area (Å²) in [7, 11) is 0. The van der Waals surface area contributed by atoms with Gasteiger partial charge in [-0.1, -0.05) is 6.07 Å². The van der Waals surface area contributed by atoms with Crippen molar-refractivity contribution in [2.24, 2.45) is 0 Å². The van der Waals surface area contributed by atoms with Crippen molar-refractivity contribution in [1.82, 2.24) is 0 Å². The zero-order valence-electron chi connectivity index (χ0n) is 9.74. The molecule has 96 valence electrons. The van der Waals surface area contributed by atoms with Crippen LogP contribution in [0.2, 0.25) is 0 Å². The summed E-state index contributed by atoms with van der Waals surface area (Å²) in [5, 5.41) is 22.2. The van der Waals surface area contributed by atoms with E-state index in [1.807, 2.05) is 0 Å². The van der Waals surface area contributed by atoms with Crippen molar-refractivity contribution in [1.29, 1.82) is 0 Å². The SMILES string of the molecule is O=C(O)c1cccc(NC(=O)c2cc[n+]([O-])cc2)c1. The highest BCUT2D eigenvalue weighted by molar-refractivity contribution is 6.04. The standard InChI is InChI=1S/C13H10N2O4/c16-12(9-4-6-15(19)7-5-9)14-11-3-1-2-10(8-11)13(17)18/h1-8H,(H,14,16)(H,17,18). The second-order valence-electron chi connectivity index (χ2n) is 3.79. The van der Waals surface area contributed by atoms with Gasteiger partial charge in [0.25, 0.3) is 5.91 Å². The number of nitrogens with one attached hydrogen (secondary N) is 1. The largest absolute Gasteiger partial charge is 0.619 e. The first-order valence-corrected chi connectivity index (χ1v) is 5.40. The third kappa shape index (κ3) is 3.06. The molecular formula is C13H10N2O4. The first kappa shape index (κ1) is 12.6. The Morgan fingerprint density at radius 1 is 1.11 bits per heavy atom. The van der Waals surface area contributed by atoms with Gasteiger partial charge in [0.15, 0.2) is 12.4 Å². The van der Waals surface area contributed by atoms with E-state index in [1.54, 1.807) is 6.07 Å². The van der Waals surface area contributed by atoms with Crippen molar-refractivity contribution in [2.45, 2.75) is 0 Å². The Morgan fingerprint density at radius 2 is 1.79 bits per heavy atom. The molecule has 0 spiro atoms. The van der Waals surface area contributed by atoms with Crippen LogP contribution in [0.3, 0.4) is 0 Å². The third-order valence-corrected chi connectivity index (χ3v) is 2.43. The number of aromatic carboxylic acids is 1. The summed E-state index contributed by atoms with van der Waals surface area (Å²) in [4.78, 5) is 22.6. The lowest BCUT2D eigenvalue weighted by atomic mass is 10.2. The topological polar surface area (TPSA) is 93.3 Å². The molecule has 0 radical (unpaired) electrons. The maximum Gasteiger partial charge on any atom is 0.335 e. The average molecular weight is 258 g/mol. The highest BCUT2D eigenvalue weighted by atomic mass is 16.5. The first-order valence-electron chi connectivity index (χ1n) is 5.40. The van der Waals surface area contributed by atoms with E-state index in [0.29, 0.717) is 16.0 Å². The Hall–Kier alpha value is -2.89. The van der Waals surface area contributed by atoms with Crippen LogP contribution < -0.4 is 10.0 Å². The molecule has 0 aliphatic carbocycles. The fourth-order valence-electron chi connectivity index (χ4n) is 1.50. The van der Waals surface area contributed by atoms with Gasteiger partial charge in [-0.2, -0.15) is 4.73 Å². The number of pyridine rings is 1. The predicted molar refractivity (Wildman–Crippen MR) is 66.8 cm³/mol. The minimum absolute atomic E-state index is 0.0864. The number of carboxylic acids is 1. The molecule has 0 saturated carbocycles. The highest BCUT2D eigenvalue weighted by Crippen LogP contribution is 2.12. The molecule has 1 aromatic heterocycles. The van der Waals surface area contributed by atoms with Crippen LogP contribution >= 0.6 is 0 Å². The number of hydrogen-bond donors (Lipinski definition) is 2. The number of nitrogens with zero attached hydrogens (tertiary/aromatic N) is 1. The van der Waals surface area contributed by atoms with Gasteiger partial charge in [0.05, 0.1) is 11.1 Å². The average Bonchev–Trinajstić information content (AvgIpc) is 2.39. The number of carbonyl (C=O) groups excluding carboxylic acids is 1. The second-order valence-corrected chi connectivity index (χ2v) is 3.79. The number of rotatable bonds is 3. The molecule has 2 rings (SSSR count). The maximum atomic E-state index is 11.8. The molecule has 0 unspecified atom stereocenters. The monoisotopic (exact) mass is 258 g/mol. The van der Waals surface area contributed by atoms with Crippen LogP contribution in [0.4, 0.5) is 5.69 Å². The molecule has 0 atom stereocenters. The predicted octanol–water partition coefficient (Wildman–Crippen LogP) is 1.27. The first-order chi connectivity index (χ1) is 9.06. The van der Waals surface area contributed by atoms with Gasteiger partial charge in [-0.3, -0.25) is 4.79 Å². The summed E-state index contributed by atoms with van der Waals surface area (Å²) < 4.78 is 0.571. The van der Waals surface area contributed by atoms with E-state index in [2.05, 4.69) is 5.32 Å². The molecule has 19 heavy (non-hydrogen) atoms. The number of carboxylic acid groups (broad SMARTS) is 1. The maximum absolute atomic E-state index is 11.8. The van der Waals surface area contributed by atoms with Gasteiger partial charge in [-0.05, 0) is 18.2 Å². The number of anilines is 1. The van der Waals surface area contributed by atoms with E-state index >= 15 is 0 Å². The molecule has 1 aromatic carbocycles. The Bertz CT molecular complexity index is 623. The lowest BCUT2D eigenvalue weighted by molar-refractivity contribution is -0.605. The summed E-state index contributed by atoms with van der Waals surface area (Å²) in [6.45, 7) is 0. The minimum atomic E-state index is -1.07. The Morgan fingerprint density at radius 3 is 2.42 bits per heavy atom. The molecule has 0 aliphatic rings. The van der Waals surface area contributed by atoms with E-state index in [0.717, 1.165) is 0 Å². The van der Waals surface area contributed by atoms with Gasteiger partial charge in [-0.15, -0.1) is 0 Å². The summed E-state index contributed by atoms with van der Waals surface area (Å²) in [5.74, 6) is -1.48. The van der Waals surface area contributed by atoms with Crippen molar-refractivity contribution in [2.75, 3.05) is 5.32 Å². The normalized spacial score (nSPS) is 9.89. The van der Waals surface area contributed by atoms with E-state index in [-0.39, 0.29) is 5.56 Å². The van der Waals surface area contributed by atoms with Crippen LogP contribution in [0.25, 0.3) is 0 Å². The summed E-state index contributed by atoms with van der Waals surface area (Å²) in [5.41, 5.74) is 0.778. The lowest BCUT2D eigenvalue weighted by Crippen LogP contribution is -2.25. The molecule has 0 bridgehead atoms. The van der Waals surface area contributed by atoms with Crippen LogP contribution in [-0.2, 0) is 0 Å². The van der Waals surface area contributed by atoms with Crippen molar-refractivity contribution in [3.05, 3.63) is 65.1 Å². The zero-order chi connectivity index (χ0) is 13.8. The summed E-state index contributed by atoms with van der Waals surface area (Å²) in [6.07, 6.45) is 2.42. The Balaban J connectivity index is 2.17. The number of amides is 1. The molecule has 6 nitrogen and oxygen atoms in total. The lowest BCUT2D eigenvalue weighted by Gasteiger charge is -2.05. The molecule has 0 aliphatic heterocycles. The van der Waals surface area contributed by atoms with E-state index in [9.17, 15) is 14.8 Å². The highest BCUT2D eigenvalue weighted by Gasteiger charge is 2.09. The van der Waals surface area contributed by atoms with Gasteiger partial charge in [0.1, 0.15) is 0 Å². The molecule has 1 heterocycles. The molecule has 2 N–H and O–H groups in total. The fraction of sp³-hybridized carbons (Fsp3) is 0. The van der Waals surface area contributed by atoms with Crippen LogP contribution in [0, 0.1) is 5.21 Å². The van der Waals surface area contributed by atoms with Crippen molar-refractivity contribution >= 4 is 17.6 Å². The van der Waals surface area contributed by atoms with Crippen LogP contribution in [0.5, 0.6) is 0 Å². The molecule has 0 fully saturated rings. The second kappa shape index (κ2) is 5.18. The van der Waals surface area contributed by atoms with Gasteiger partial charge < -0.3 is 15.6 Å². The minimum Gasteiger partial charge on any atom is -0.619 e. The number of benzene rings is 1. The van der Waals surface area contributed by atoms with Gasteiger partial charge in [0, 0.05) is 17.8 Å². The van der Waals surface area contributed by atoms with Crippen LogP contribution in [0.1, 0.15) is 20.7 Å². The van der Waals surface area contributed by atoms with E-state index < -0.39 is 11.9 Å². The fourth-order valence-corrected chi connectivity index (χ4v) is 1.50. The van der Waals surface area contributed by atoms with Gasteiger partial charge in [0.2, 0.25) is 0 Å². The number of hydrogen-bond acceptors (Lipinski definition) is 3. The van der Waals surface area contributed by atoms with Crippen LogP contribution in [-0.4, -0.2) is 17.0 Å². The molecule has 6 heteroatoms. The van der Waals surface area contributed by atoms with Gasteiger partial charge >= 0.3 is 5.97 Å². The third-order valence-electron chi connectivity index (χ3n) is 2.43. The summed E-state index contributed by atoms with van der Waals surface area (Å²) >= 11 is 0. The molecule has 1 amide bonds. The van der Waals surface area contributed by atoms with E-state index in [4.69, 9.17) is 5.11 Å².